The number of pyridine rings is 1. The number of hydrogen-bond acceptors (Lipinski definition) is 10. The van der Waals surface area contributed by atoms with E-state index < -0.39 is 64.7 Å². The summed E-state index contributed by atoms with van der Waals surface area (Å²) in [5.41, 5.74) is -0.0715. The number of hydrogen-bond donors (Lipinski definition) is 4. The molecule has 6 rings (SSSR count). The van der Waals surface area contributed by atoms with E-state index >= 15 is 0 Å². The van der Waals surface area contributed by atoms with Crippen LogP contribution in [-0.2, 0) is 19.2 Å². The summed E-state index contributed by atoms with van der Waals surface area (Å²) in [4.78, 5) is 83.2. The van der Waals surface area contributed by atoms with Crippen molar-refractivity contribution >= 4 is 51.1 Å². The zero-order chi connectivity index (χ0) is 37.4. The van der Waals surface area contributed by atoms with Crippen LogP contribution in [0.15, 0.2) is 35.8 Å². The number of fused-ring (bicyclic) bond motifs is 1. The number of aromatic nitrogens is 3. The molecular weight excluding hydrogens is 685 g/mol. The number of Topliss-reactive ketones (excluding diaryl/α,β-unsaturated/α-hetero) is 1. The molecule has 3 aliphatic rings. The summed E-state index contributed by atoms with van der Waals surface area (Å²) in [6.45, 7) is 11.0. The zero-order valence-electron chi connectivity index (χ0n) is 30.5. The molecule has 2 saturated carbocycles. The number of carbonyl (C=O) groups is 5. The Morgan fingerprint density at radius 2 is 1.73 bits per heavy atom. The fourth-order valence-corrected chi connectivity index (χ4v) is 6.97. The van der Waals surface area contributed by atoms with Crippen LogP contribution in [0.3, 0.4) is 0 Å². The molecule has 3 fully saturated rings. The molecule has 0 unspecified atom stereocenters. The predicted molar refractivity (Wildman–Crippen MR) is 195 cm³/mol. The second-order valence-electron chi connectivity index (χ2n) is 16.2. The molecule has 52 heavy (non-hydrogen) atoms. The van der Waals surface area contributed by atoms with Crippen LogP contribution in [0.5, 0.6) is 5.88 Å². The molecular formula is C37H48N8O6S. The summed E-state index contributed by atoms with van der Waals surface area (Å²) in [5.74, 6) is -1.53. The number of likely N-dealkylation sites (tertiary alicyclic amines) is 1. The average molecular weight is 733 g/mol. The third kappa shape index (κ3) is 9.22. The van der Waals surface area contributed by atoms with Crippen molar-refractivity contribution in [2.45, 2.75) is 116 Å². The van der Waals surface area contributed by atoms with Gasteiger partial charge >= 0.3 is 6.03 Å². The fraction of sp³-hybridized carbons (Fsp3) is 0.568. The number of carbonyl (C=O) groups excluding carboxylic acids is 5. The summed E-state index contributed by atoms with van der Waals surface area (Å²) in [6, 6.07) is 3.66. The largest absolute Gasteiger partial charge is 0.471 e. The lowest BCUT2D eigenvalue weighted by Gasteiger charge is -2.36. The molecule has 2 aliphatic carbocycles. The first kappa shape index (κ1) is 37.1. The van der Waals surface area contributed by atoms with Crippen LogP contribution in [0.4, 0.5) is 4.79 Å². The molecule has 0 bridgehead atoms. The van der Waals surface area contributed by atoms with Gasteiger partial charge in [0.15, 0.2) is 5.82 Å². The van der Waals surface area contributed by atoms with Gasteiger partial charge in [-0.1, -0.05) is 39.7 Å². The van der Waals surface area contributed by atoms with E-state index in [9.17, 15) is 24.0 Å². The molecule has 3 aromatic heterocycles. The minimum atomic E-state index is -1.06. The van der Waals surface area contributed by atoms with Gasteiger partial charge in [-0.15, -0.1) is 11.3 Å². The molecule has 4 atom stereocenters. The summed E-state index contributed by atoms with van der Waals surface area (Å²) < 4.78 is 7.23. The Morgan fingerprint density at radius 1 is 0.981 bits per heavy atom. The van der Waals surface area contributed by atoms with Crippen LogP contribution < -0.4 is 26.0 Å². The van der Waals surface area contributed by atoms with Crippen molar-refractivity contribution in [1.29, 1.82) is 0 Å². The summed E-state index contributed by atoms with van der Waals surface area (Å²) in [7, 11) is 0. The Labute approximate surface area is 307 Å². The summed E-state index contributed by atoms with van der Waals surface area (Å²) >= 11 is 1.41. The molecule has 14 nitrogen and oxygen atoms in total. The number of ketones is 1. The Hall–Kier alpha value is -4.66. The van der Waals surface area contributed by atoms with Crippen molar-refractivity contribution in [3.8, 4) is 17.4 Å². The highest BCUT2D eigenvalue weighted by Gasteiger charge is 2.47. The number of urea groups is 1. The van der Waals surface area contributed by atoms with E-state index in [2.05, 4.69) is 31.2 Å². The Bertz CT molecular complexity index is 1830. The van der Waals surface area contributed by atoms with Gasteiger partial charge in [-0.2, -0.15) is 4.98 Å². The van der Waals surface area contributed by atoms with Crippen molar-refractivity contribution in [1.82, 2.24) is 41.1 Å². The maximum absolute atomic E-state index is 14.5. The smallest absolute Gasteiger partial charge is 0.315 e. The first-order valence-corrected chi connectivity index (χ1v) is 18.8. The number of ether oxygens (including phenoxy) is 1. The Balaban J connectivity index is 1.29. The Morgan fingerprint density at radius 3 is 2.37 bits per heavy atom. The second-order valence-corrected chi connectivity index (χ2v) is 17.1. The lowest BCUT2D eigenvalue weighted by molar-refractivity contribution is -0.144. The molecule has 1 saturated heterocycles. The minimum Gasteiger partial charge on any atom is -0.471 e. The van der Waals surface area contributed by atoms with Gasteiger partial charge in [0, 0.05) is 24.2 Å². The second kappa shape index (κ2) is 14.8. The van der Waals surface area contributed by atoms with Crippen molar-refractivity contribution in [3.05, 3.63) is 35.8 Å². The van der Waals surface area contributed by atoms with Gasteiger partial charge in [-0.05, 0) is 74.9 Å². The highest BCUT2D eigenvalue weighted by molar-refractivity contribution is 7.17. The van der Waals surface area contributed by atoms with E-state index in [1.54, 1.807) is 18.3 Å². The molecule has 4 N–H and O–H groups in total. The first-order valence-electron chi connectivity index (χ1n) is 17.9. The Kier molecular flexibility index (Phi) is 10.5. The summed E-state index contributed by atoms with van der Waals surface area (Å²) in [6.07, 6.45) is 4.87. The maximum Gasteiger partial charge on any atom is 0.315 e. The normalized spacial score (nSPS) is 20.2. The van der Waals surface area contributed by atoms with E-state index in [0.29, 0.717) is 34.0 Å². The standard InChI is InChI=1S/C37H48N8O6S/c1-36(2,3)29(42-35(50)44-37(4,5)6)34(49)45-19-22(51-33-28-23(14-16-52-28)40-30(43-33)24-9-7-8-15-38-24)18-26(45)31(47)41-25(17-20-10-11-20)27(46)32(48)39-21-12-13-21/h7-9,14-16,20-22,25-26,29H,10-13,17-19H2,1-6H3,(H,39,48)(H,41,47)(H2,42,44,50)/t22-,25+,26+,29-/m1/s1. The van der Waals surface area contributed by atoms with Gasteiger partial charge in [0.2, 0.25) is 23.5 Å². The van der Waals surface area contributed by atoms with Crippen molar-refractivity contribution < 1.29 is 28.7 Å². The average Bonchev–Trinajstić information content (AvgIpc) is 3.98. The topological polar surface area (TPSA) is 185 Å². The monoisotopic (exact) mass is 732 g/mol. The highest BCUT2D eigenvalue weighted by Crippen LogP contribution is 2.35. The molecule has 15 heteroatoms. The van der Waals surface area contributed by atoms with E-state index in [1.165, 1.54) is 16.2 Å². The number of amides is 5. The molecule has 0 radical (unpaired) electrons. The van der Waals surface area contributed by atoms with E-state index in [0.717, 1.165) is 25.7 Å². The lowest BCUT2D eigenvalue weighted by Crippen LogP contribution is -2.61. The fourth-order valence-electron chi connectivity index (χ4n) is 6.21. The maximum atomic E-state index is 14.5. The van der Waals surface area contributed by atoms with Crippen LogP contribution in [0.1, 0.15) is 80.1 Å². The molecule has 3 aromatic rings. The summed E-state index contributed by atoms with van der Waals surface area (Å²) in [5, 5.41) is 13.2. The minimum absolute atomic E-state index is 0.00522. The lowest BCUT2D eigenvalue weighted by atomic mass is 9.85. The van der Waals surface area contributed by atoms with Crippen LogP contribution in [0.2, 0.25) is 0 Å². The van der Waals surface area contributed by atoms with Crippen LogP contribution in [-0.4, -0.2) is 91.7 Å². The highest BCUT2D eigenvalue weighted by atomic mass is 32.1. The van der Waals surface area contributed by atoms with Crippen LogP contribution in [0, 0.1) is 11.3 Å². The van der Waals surface area contributed by atoms with Gasteiger partial charge in [-0.25, -0.2) is 9.78 Å². The van der Waals surface area contributed by atoms with Gasteiger partial charge in [0.1, 0.15) is 28.6 Å². The molecule has 1 aliphatic heterocycles. The van der Waals surface area contributed by atoms with E-state index in [1.807, 2.05) is 59.1 Å². The van der Waals surface area contributed by atoms with Gasteiger partial charge in [0.05, 0.1) is 18.1 Å². The molecule has 5 amide bonds. The molecule has 278 valence electrons. The third-order valence-electron chi connectivity index (χ3n) is 9.21. The number of thiophene rings is 1. The molecule has 4 heterocycles. The number of nitrogens with zero attached hydrogens (tertiary/aromatic N) is 4. The quantitative estimate of drug-likeness (QED) is 0.202. The van der Waals surface area contributed by atoms with Gasteiger partial charge < -0.3 is 30.9 Å². The van der Waals surface area contributed by atoms with Crippen molar-refractivity contribution in [2.24, 2.45) is 11.3 Å². The van der Waals surface area contributed by atoms with Crippen molar-refractivity contribution in [2.75, 3.05) is 6.54 Å². The van der Waals surface area contributed by atoms with Crippen LogP contribution in [0.25, 0.3) is 21.7 Å². The van der Waals surface area contributed by atoms with E-state index in [-0.39, 0.29) is 24.9 Å². The van der Waals surface area contributed by atoms with Gasteiger partial charge in [0.25, 0.3) is 5.91 Å². The van der Waals surface area contributed by atoms with Crippen molar-refractivity contribution in [3.63, 3.8) is 0 Å². The van der Waals surface area contributed by atoms with E-state index in [4.69, 9.17) is 9.72 Å². The zero-order valence-corrected chi connectivity index (χ0v) is 31.3. The van der Waals surface area contributed by atoms with Crippen LogP contribution >= 0.6 is 11.3 Å². The van der Waals surface area contributed by atoms with Gasteiger partial charge in [-0.3, -0.25) is 24.2 Å². The molecule has 0 aromatic carbocycles. The molecule has 0 spiro atoms. The predicted octanol–water partition coefficient (Wildman–Crippen LogP) is 3.75. The number of nitrogens with one attached hydrogen (secondary N) is 4. The number of rotatable bonds is 12. The third-order valence-corrected chi connectivity index (χ3v) is 10.1. The SMILES string of the molecule is CC(C)(C)NC(=O)N[C@H](C(=O)N1C[C@H](Oc2nc(-c3ccccn3)nc3ccsc23)C[C@H]1C(=O)N[C@@H](CC1CC1)C(=O)C(=O)NC1CC1)C(C)(C)C. The first-order chi connectivity index (χ1) is 24.6.